The molecule has 15 heavy (non-hydrogen) atoms. The van der Waals surface area contributed by atoms with Gasteiger partial charge in [-0.1, -0.05) is 36.6 Å². The van der Waals surface area contributed by atoms with Crippen LogP contribution in [0.1, 0.15) is 39.0 Å². The first kappa shape index (κ1) is 8.61. The summed E-state index contributed by atoms with van der Waals surface area (Å²) in [5.74, 6) is 5.30. The van der Waals surface area contributed by atoms with E-state index in [2.05, 4.69) is 19.1 Å². The molecule has 0 aliphatic heterocycles. The summed E-state index contributed by atoms with van der Waals surface area (Å²) >= 11 is 0. The molecule has 2 saturated carbocycles. The van der Waals surface area contributed by atoms with Crippen LogP contribution in [0.25, 0.3) is 0 Å². The molecule has 0 nitrogen and oxygen atoms in total. The minimum atomic E-state index is 0.893. The van der Waals surface area contributed by atoms with Gasteiger partial charge in [-0.25, -0.2) is 0 Å². The Kier molecular flexibility index (Phi) is 1.60. The highest BCUT2D eigenvalue weighted by molar-refractivity contribution is 5.42. The smallest absolute Gasteiger partial charge is 0.00171 e. The Morgan fingerprint density at radius 2 is 2.20 bits per heavy atom. The van der Waals surface area contributed by atoms with Gasteiger partial charge in [0.15, 0.2) is 0 Å². The molecule has 0 aromatic carbocycles. The molecule has 0 N–H and O–H groups in total. The van der Waals surface area contributed by atoms with E-state index >= 15 is 0 Å². The summed E-state index contributed by atoms with van der Waals surface area (Å²) < 4.78 is 0. The average Bonchev–Trinajstić information content (AvgIpc) is 2.82. The Balaban J connectivity index is 1.54. The normalized spacial score (nSPS) is 50.3. The van der Waals surface area contributed by atoms with Crippen molar-refractivity contribution in [3.8, 4) is 0 Å². The first-order valence-corrected chi connectivity index (χ1v) is 6.78. The van der Waals surface area contributed by atoms with Crippen molar-refractivity contribution in [2.45, 2.75) is 39.0 Å². The van der Waals surface area contributed by atoms with Crippen LogP contribution in [0, 0.1) is 29.6 Å². The predicted molar refractivity (Wildman–Crippen MR) is 62.4 cm³/mol. The standard InChI is InChI=1S/C15H20/c1-2-10-7-12-8-14(15(10)12)13-6-9-3-4-11(13)5-9/h5-6,10,12-15H,2-4,7-8H2,1H3. The molecule has 0 spiro atoms. The van der Waals surface area contributed by atoms with Crippen molar-refractivity contribution in [1.29, 1.82) is 0 Å². The number of hydrogen-bond donors (Lipinski definition) is 0. The molecule has 5 unspecified atom stereocenters. The zero-order valence-corrected chi connectivity index (χ0v) is 9.58. The Morgan fingerprint density at radius 1 is 1.27 bits per heavy atom. The molecule has 4 aliphatic rings. The first-order chi connectivity index (χ1) is 7.36. The number of rotatable bonds is 2. The molecule has 0 saturated heterocycles. The molecular weight excluding hydrogens is 180 g/mol. The van der Waals surface area contributed by atoms with Gasteiger partial charge in [0, 0.05) is 5.92 Å². The molecule has 0 heterocycles. The van der Waals surface area contributed by atoms with Gasteiger partial charge in [-0.05, 0) is 49.4 Å². The summed E-state index contributed by atoms with van der Waals surface area (Å²) in [5, 5.41) is 0. The van der Waals surface area contributed by atoms with E-state index in [1.54, 1.807) is 24.0 Å². The van der Waals surface area contributed by atoms with Gasteiger partial charge in [0.25, 0.3) is 0 Å². The fraction of sp³-hybridized carbons (Fsp3) is 0.733. The third kappa shape index (κ3) is 0.984. The summed E-state index contributed by atoms with van der Waals surface area (Å²) in [4.78, 5) is 0. The van der Waals surface area contributed by atoms with Crippen molar-refractivity contribution < 1.29 is 0 Å². The highest BCUT2D eigenvalue weighted by Gasteiger charge is 2.55. The summed E-state index contributed by atoms with van der Waals surface area (Å²) in [6.45, 7) is 2.38. The van der Waals surface area contributed by atoms with Crippen LogP contribution in [0.3, 0.4) is 0 Å². The maximum atomic E-state index is 2.60. The molecule has 0 aromatic heterocycles. The Morgan fingerprint density at radius 3 is 2.80 bits per heavy atom. The molecule has 80 valence electrons. The number of allylic oxidation sites excluding steroid dienone is 4. The van der Waals surface area contributed by atoms with Crippen LogP contribution in [0.5, 0.6) is 0 Å². The van der Waals surface area contributed by atoms with Crippen LogP contribution < -0.4 is 0 Å². The second-order valence-electron chi connectivity index (χ2n) is 6.13. The highest BCUT2D eigenvalue weighted by Crippen LogP contribution is 2.63. The molecule has 2 bridgehead atoms. The van der Waals surface area contributed by atoms with E-state index in [1.807, 2.05) is 0 Å². The van der Waals surface area contributed by atoms with E-state index < -0.39 is 0 Å². The van der Waals surface area contributed by atoms with Crippen molar-refractivity contribution in [2.24, 2.45) is 29.6 Å². The van der Waals surface area contributed by atoms with E-state index in [9.17, 15) is 0 Å². The third-order valence-corrected chi connectivity index (χ3v) is 5.64. The zero-order valence-electron chi connectivity index (χ0n) is 9.58. The van der Waals surface area contributed by atoms with Crippen LogP contribution in [-0.4, -0.2) is 0 Å². The van der Waals surface area contributed by atoms with Gasteiger partial charge in [0.2, 0.25) is 0 Å². The molecule has 2 fully saturated rings. The molecule has 0 heteroatoms. The fourth-order valence-corrected chi connectivity index (χ4v) is 4.78. The summed E-state index contributed by atoms with van der Waals surface area (Å²) in [6, 6.07) is 0. The number of fused-ring (bicyclic) bond motifs is 2. The van der Waals surface area contributed by atoms with E-state index in [-0.39, 0.29) is 0 Å². The molecule has 0 radical (unpaired) electrons. The van der Waals surface area contributed by atoms with Crippen molar-refractivity contribution in [3.05, 3.63) is 23.3 Å². The van der Waals surface area contributed by atoms with Gasteiger partial charge in [-0.15, -0.1) is 0 Å². The van der Waals surface area contributed by atoms with Crippen molar-refractivity contribution >= 4 is 0 Å². The lowest BCUT2D eigenvalue weighted by Crippen LogP contribution is -2.53. The largest absolute Gasteiger partial charge is 0.0738 e. The van der Waals surface area contributed by atoms with Gasteiger partial charge in [-0.3, -0.25) is 0 Å². The molecule has 4 rings (SSSR count). The first-order valence-electron chi connectivity index (χ1n) is 6.78. The van der Waals surface area contributed by atoms with Crippen LogP contribution >= 0.6 is 0 Å². The predicted octanol–water partition coefficient (Wildman–Crippen LogP) is 3.95. The summed E-state index contributed by atoms with van der Waals surface area (Å²) in [7, 11) is 0. The monoisotopic (exact) mass is 200 g/mol. The van der Waals surface area contributed by atoms with Crippen molar-refractivity contribution in [2.75, 3.05) is 0 Å². The lowest BCUT2D eigenvalue weighted by molar-refractivity contribution is -0.103. The zero-order chi connectivity index (χ0) is 9.99. The Labute approximate surface area is 92.4 Å². The molecule has 4 aliphatic carbocycles. The van der Waals surface area contributed by atoms with Crippen molar-refractivity contribution in [1.82, 2.24) is 0 Å². The minimum Gasteiger partial charge on any atom is -0.0738 e. The Hall–Kier alpha value is -0.520. The number of hydrogen-bond acceptors (Lipinski definition) is 0. The fourth-order valence-electron chi connectivity index (χ4n) is 4.78. The van der Waals surface area contributed by atoms with Gasteiger partial charge in [0.1, 0.15) is 0 Å². The van der Waals surface area contributed by atoms with Gasteiger partial charge < -0.3 is 0 Å². The van der Waals surface area contributed by atoms with Crippen molar-refractivity contribution in [3.63, 3.8) is 0 Å². The van der Waals surface area contributed by atoms with E-state index in [0.717, 1.165) is 29.6 Å². The average molecular weight is 200 g/mol. The second kappa shape index (κ2) is 2.78. The van der Waals surface area contributed by atoms with E-state index in [0.29, 0.717) is 0 Å². The van der Waals surface area contributed by atoms with Gasteiger partial charge in [0.05, 0.1) is 0 Å². The minimum absolute atomic E-state index is 0.893. The van der Waals surface area contributed by atoms with E-state index in [4.69, 9.17) is 0 Å². The van der Waals surface area contributed by atoms with E-state index in [1.165, 1.54) is 19.3 Å². The second-order valence-corrected chi connectivity index (χ2v) is 6.13. The lowest BCUT2D eigenvalue weighted by atomic mass is 9.44. The third-order valence-electron chi connectivity index (χ3n) is 5.64. The van der Waals surface area contributed by atoms with Crippen LogP contribution in [0.15, 0.2) is 23.3 Å². The summed E-state index contributed by atoms with van der Waals surface area (Å²) in [5.41, 5.74) is 3.45. The SMILES string of the molecule is CCC1CC2CC(C3C=C4C=C3CC4)C12. The molecule has 0 amide bonds. The molecule has 5 atom stereocenters. The highest BCUT2D eigenvalue weighted by atomic mass is 14.6. The van der Waals surface area contributed by atoms with Crippen LogP contribution in [0.4, 0.5) is 0 Å². The molecular formula is C15H20. The Bertz CT molecular complexity index is 360. The topological polar surface area (TPSA) is 0 Å². The lowest BCUT2D eigenvalue weighted by Gasteiger charge is -2.60. The maximum Gasteiger partial charge on any atom is 0.00171 e. The van der Waals surface area contributed by atoms with Gasteiger partial charge in [-0.2, -0.15) is 0 Å². The maximum absolute atomic E-state index is 2.60. The van der Waals surface area contributed by atoms with Crippen LogP contribution in [0.2, 0.25) is 0 Å². The molecule has 0 aromatic rings. The van der Waals surface area contributed by atoms with Crippen LogP contribution in [-0.2, 0) is 0 Å². The van der Waals surface area contributed by atoms with Gasteiger partial charge >= 0.3 is 0 Å². The summed E-state index contributed by atoms with van der Waals surface area (Å²) in [6.07, 6.45) is 12.4. The quantitative estimate of drug-likeness (QED) is 0.633.